The summed E-state index contributed by atoms with van der Waals surface area (Å²) in [5.74, 6) is -0.0522. The van der Waals surface area contributed by atoms with Crippen LogP contribution in [0.3, 0.4) is 0 Å². The molecule has 0 aromatic carbocycles. The van der Waals surface area contributed by atoms with Gasteiger partial charge in [-0.05, 0) is 26.0 Å². The van der Waals surface area contributed by atoms with E-state index < -0.39 is 0 Å². The van der Waals surface area contributed by atoms with Crippen LogP contribution in [-0.4, -0.2) is 25.7 Å². The van der Waals surface area contributed by atoms with Crippen LogP contribution in [-0.2, 0) is 18.3 Å². The van der Waals surface area contributed by atoms with E-state index in [-0.39, 0.29) is 18.4 Å². The molecule has 0 fully saturated rings. The van der Waals surface area contributed by atoms with Gasteiger partial charge in [-0.2, -0.15) is 5.10 Å². The highest BCUT2D eigenvalue weighted by atomic mass is 32.1. The predicted molar refractivity (Wildman–Crippen MR) is 93.6 cm³/mol. The van der Waals surface area contributed by atoms with Crippen LogP contribution in [0.25, 0.3) is 10.7 Å². The van der Waals surface area contributed by atoms with E-state index in [0.717, 1.165) is 27.7 Å². The molecular weight excluding hydrogens is 322 g/mol. The van der Waals surface area contributed by atoms with Crippen molar-refractivity contribution in [1.29, 1.82) is 0 Å². The van der Waals surface area contributed by atoms with Crippen LogP contribution in [0, 0.1) is 6.92 Å². The predicted octanol–water partition coefficient (Wildman–Crippen LogP) is 2.67. The Labute approximate surface area is 144 Å². The first kappa shape index (κ1) is 16.3. The fraction of sp³-hybridized carbons (Fsp3) is 0.294. The van der Waals surface area contributed by atoms with Crippen LogP contribution in [0.1, 0.15) is 29.9 Å². The van der Waals surface area contributed by atoms with Crippen molar-refractivity contribution < 1.29 is 4.79 Å². The first-order valence-corrected chi connectivity index (χ1v) is 8.56. The number of rotatable bonds is 5. The molecule has 0 saturated heterocycles. The molecular formula is C17H19N5OS. The molecule has 1 N–H and O–H groups in total. The van der Waals surface area contributed by atoms with Gasteiger partial charge in [-0.25, -0.2) is 4.98 Å². The lowest BCUT2D eigenvalue weighted by Crippen LogP contribution is -2.28. The fourth-order valence-electron chi connectivity index (χ4n) is 2.47. The third-order valence-electron chi connectivity index (χ3n) is 3.89. The molecule has 1 amide bonds. The Morgan fingerprint density at radius 2 is 2.25 bits per heavy atom. The lowest BCUT2D eigenvalue weighted by Gasteiger charge is -2.13. The molecule has 0 radical (unpaired) electrons. The van der Waals surface area contributed by atoms with Gasteiger partial charge < -0.3 is 5.32 Å². The molecule has 3 heterocycles. The van der Waals surface area contributed by atoms with Crippen LogP contribution >= 0.6 is 11.3 Å². The van der Waals surface area contributed by atoms with Gasteiger partial charge in [0.05, 0.1) is 30.0 Å². The van der Waals surface area contributed by atoms with Crippen LogP contribution in [0.5, 0.6) is 0 Å². The summed E-state index contributed by atoms with van der Waals surface area (Å²) >= 11 is 1.50. The zero-order valence-electron chi connectivity index (χ0n) is 13.9. The summed E-state index contributed by atoms with van der Waals surface area (Å²) in [5, 5.41) is 9.95. The van der Waals surface area contributed by atoms with E-state index in [0.29, 0.717) is 0 Å². The third-order valence-corrected chi connectivity index (χ3v) is 4.81. The molecule has 0 unspecified atom stereocenters. The Hall–Kier alpha value is -2.54. The van der Waals surface area contributed by atoms with Crippen molar-refractivity contribution in [2.24, 2.45) is 7.05 Å². The second-order valence-electron chi connectivity index (χ2n) is 5.63. The molecule has 6 nitrogen and oxygen atoms in total. The van der Waals surface area contributed by atoms with Gasteiger partial charge in [-0.1, -0.05) is 6.07 Å². The first-order chi connectivity index (χ1) is 11.5. The molecule has 0 bridgehead atoms. The number of aryl methyl sites for hydroxylation is 1. The van der Waals surface area contributed by atoms with Gasteiger partial charge >= 0.3 is 0 Å². The van der Waals surface area contributed by atoms with Crippen LogP contribution in [0.2, 0.25) is 0 Å². The number of pyridine rings is 1. The zero-order valence-corrected chi connectivity index (χ0v) is 14.7. The van der Waals surface area contributed by atoms with Gasteiger partial charge in [0.2, 0.25) is 5.91 Å². The van der Waals surface area contributed by atoms with Gasteiger partial charge in [0.25, 0.3) is 0 Å². The molecule has 3 aromatic rings. The van der Waals surface area contributed by atoms with E-state index in [2.05, 4.69) is 20.4 Å². The Bertz CT molecular complexity index is 840. The molecule has 124 valence electrons. The van der Waals surface area contributed by atoms with Crippen LogP contribution < -0.4 is 5.32 Å². The smallest absolute Gasteiger partial charge is 0.226 e. The van der Waals surface area contributed by atoms with Crippen molar-refractivity contribution in [1.82, 2.24) is 25.1 Å². The lowest BCUT2D eigenvalue weighted by molar-refractivity contribution is -0.121. The summed E-state index contributed by atoms with van der Waals surface area (Å²) in [4.78, 5) is 21.1. The maximum Gasteiger partial charge on any atom is 0.226 e. The average Bonchev–Trinajstić information content (AvgIpc) is 3.16. The highest BCUT2D eigenvalue weighted by molar-refractivity contribution is 7.13. The van der Waals surface area contributed by atoms with Gasteiger partial charge in [-0.15, -0.1) is 11.3 Å². The molecule has 0 aliphatic carbocycles. The van der Waals surface area contributed by atoms with Crippen molar-refractivity contribution >= 4 is 17.2 Å². The topological polar surface area (TPSA) is 72.7 Å². The van der Waals surface area contributed by atoms with Gasteiger partial charge in [0, 0.05) is 29.9 Å². The summed E-state index contributed by atoms with van der Waals surface area (Å²) in [6, 6.07) is 5.62. The Morgan fingerprint density at radius 1 is 1.42 bits per heavy atom. The van der Waals surface area contributed by atoms with Crippen LogP contribution in [0.15, 0.2) is 36.0 Å². The number of carbonyl (C=O) groups excluding carboxylic acids is 1. The number of carbonyl (C=O) groups is 1. The van der Waals surface area contributed by atoms with Crippen LogP contribution in [0.4, 0.5) is 0 Å². The fourth-order valence-corrected chi connectivity index (χ4v) is 3.27. The van der Waals surface area contributed by atoms with Crippen molar-refractivity contribution in [2.45, 2.75) is 26.3 Å². The number of hydrogen-bond donors (Lipinski definition) is 1. The second kappa shape index (κ2) is 6.92. The van der Waals surface area contributed by atoms with Crippen molar-refractivity contribution in [2.75, 3.05) is 0 Å². The van der Waals surface area contributed by atoms with Crippen molar-refractivity contribution in [3.8, 4) is 10.7 Å². The maximum atomic E-state index is 12.3. The van der Waals surface area contributed by atoms with E-state index in [1.807, 2.05) is 44.5 Å². The summed E-state index contributed by atoms with van der Waals surface area (Å²) in [5.41, 5.74) is 3.66. The average molecular weight is 341 g/mol. The summed E-state index contributed by atoms with van der Waals surface area (Å²) in [7, 11) is 1.89. The largest absolute Gasteiger partial charge is 0.349 e. The van der Waals surface area contributed by atoms with Gasteiger partial charge in [0.15, 0.2) is 0 Å². The second-order valence-corrected chi connectivity index (χ2v) is 6.49. The summed E-state index contributed by atoms with van der Waals surface area (Å²) < 4.78 is 1.80. The van der Waals surface area contributed by atoms with E-state index in [1.54, 1.807) is 17.1 Å². The lowest BCUT2D eigenvalue weighted by atomic mass is 10.1. The molecule has 1 atom stereocenters. The quantitative estimate of drug-likeness (QED) is 0.774. The normalized spacial score (nSPS) is 12.1. The monoisotopic (exact) mass is 341 g/mol. The van der Waals surface area contributed by atoms with Crippen molar-refractivity contribution in [3.05, 3.63) is 52.9 Å². The molecule has 7 heteroatoms. The first-order valence-electron chi connectivity index (χ1n) is 7.68. The number of nitrogens with one attached hydrogen (secondary N) is 1. The molecule has 0 aliphatic heterocycles. The summed E-state index contributed by atoms with van der Waals surface area (Å²) in [6.45, 7) is 3.95. The minimum absolute atomic E-state index is 0.0522. The van der Waals surface area contributed by atoms with Gasteiger partial charge in [0.1, 0.15) is 5.01 Å². The molecule has 3 rings (SSSR count). The van der Waals surface area contributed by atoms with E-state index in [1.165, 1.54) is 11.3 Å². The van der Waals surface area contributed by atoms with E-state index in [4.69, 9.17) is 0 Å². The minimum atomic E-state index is -0.0832. The Kier molecular flexibility index (Phi) is 4.71. The molecule has 0 aliphatic rings. The van der Waals surface area contributed by atoms with E-state index >= 15 is 0 Å². The molecule has 0 spiro atoms. The molecule has 3 aromatic heterocycles. The number of nitrogens with zero attached hydrogens (tertiary/aromatic N) is 4. The zero-order chi connectivity index (χ0) is 17.1. The number of amides is 1. The van der Waals surface area contributed by atoms with Gasteiger partial charge in [-0.3, -0.25) is 14.5 Å². The SMILES string of the molecule is Cc1c([C@@H](C)NC(=O)Cc2csc(-c3ccccn3)n2)cnn1C. The minimum Gasteiger partial charge on any atom is -0.349 e. The Morgan fingerprint density at radius 3 is 2.92 bits per heavy atom. The third kappa shape index (κ3) is 3.51. The maximum absolute atomic E-state index is 12.3. The highest BCUT2D eigenvalue weighted by Crippen LogP contribution is 2.22. The number of thiazole rings is 1. The Balaban J connectivity index is 1.63. The number of aromatic nitrogens is 4. The standard InChI is InChI=1S/C17H19N5OS/c1-11(14-9-19-22(3)12(14)2)20-16(23)8-13-10-24-17(21-13)15-6-4-5-7-18-15/h4-7,9-11H,8H2,1-3H3,(H,20,23)/t11-/m1/s1. The molecule has 24 heavy (non-hydrogen) atoms. The van der Waals surface area contributed by atoms with E-state index in [9.17, 15) is 4.79 Å². The van der Waals surface area contributed by atoms with Crippen molar-refractivity contribution in [3.63, 3.8) is 0 Å². The number of hydrogen-bond acceptors (Lipinski definition) is 5. The summed E-state index contributed by atoms with van der Waals surface area (Å²) in [6.07, 6.45) is 3.79. The highest BCUT2D eigenvalue weighted by Gasteiger charge is 2.16. The molecule has 0 saturated carbocycles.